The predicted octanol–water partition coefficient (Wildman–Crippen LogP) is 4.21. The maximum Gasteiger partial charge on any atom is 0.133 e. The maximum atomic E-state index is 8.65. The largest absolute Gasteiger partial charge is 0.490 e. The molecular weight excluding hydrogens is 262 g/mol. The molecule has 0 radical (unpaired) electrons. The van der Waals surface area contributed by atoms with Gasteiger partial charge in [0, 0.05) is 6.42 Å². The molecule has 0 aliphatic rings. The third kappa shape index (κ3) is 5.58. The van der Waals surface area contributed by atoms with Crippen molar-refractivity contribution in [1.29, 1.82) is 5.26 Å². The van der Waals surface area contributed by atoms with Crippen LogP contribution in [0.25, 0.3) is 0 Å². The highest BCUT2D eigenvalue weighted by Gasteiger charge is 2.11. The average molecular weight is 281 g/mol. The van der Waals surface area contributed by atoms with Crippen molar-refractivity contribution in [2.75, 3.05) is 6.61 Å². The van der Waals surface area contributed by atoms with E-state index < -0.39 is 0 Å². The SMILES string of the molecule is N#CCCC[C@@H](COc1ccccc1)Oc1ccccc1. The molecule has 3 heteroatoms. The van der Waals surface area contributed by atoms with Crippen molar-refractivity contribution in [2.24, 2.45) is 0 Å². The number of para-hydroxylation sites is 2. The zero-order valence-electron chi connectivity index (χ0n) is 11.9. The van der Waals surface area contributed by atoms with Crippen LogP contribution in [0.1, 0.15) is 19.3 Å². The summed E-state index contributed by atoms with van der Waals surface area (Å²) in [7, 11) is 0. The quantitative estimate of drug-likeness (QED) is 0.681. The van der Waals surface area contributed by atoms with Gasteiger partial charge < -0.3 is 9.47 Å². The van der Waals surface area contributed by atoms with Gasteiger partial charge >= 0.3 is 0 Å². The summed E-state index contributed by atoms with van der Waals surface area (Å²) in [5.41, 5.74) is 0. The molecule has 0 heterocycles. The standard InChI is InChI=1S/C18H19NO2/c19-14-8-7-13-18(21-17-11-5-2-6-12-17)15-20-16-9-3-1-4-10-16/h1-6,9-12,18H,7-8,13,15H2/t18-/m0/s1. The first kappa shape index (κ1) is 14.9. The lowest BCUT2D eigenvalue weighted by atomic mass is 10.1. The van der Waals surface area contributed by atoms with Gasteiger partial charge in [-0.15, -0.1) is 0 Å². The second-order valence-electron chi connectivity index (χ2n) is 4.73. The highest BCUT2D eigenvalue weighted by atomic mass is 16.5. The number of hydrogen-bond donors (Lipinski definition) is 0. The van der Waals surface area contributed by atoms with Crippen LogP contribution >= 0.6 is 0 Å². The third-order valence-corrected chi connectivity index (χ3v) is 3.04. The van der Waals surface area contributed by atoms with E-state index in [1.807, 2.05) is 60.7 Å². The second-order valence-corrected chi connectivity index (χ2v) is 4.73. The molecule has 0 bridgehead atoms. The molecule has 3 nitrogen and oxygen atoms in total. The first-order chi connectivity index (χ1) is 10.4. The van der Waals surface area contributed by atoms with Crippen molar-refractivity contribution in [2.45, 2.75) is 25.4 Å². The van der Waals surface area contributed by atoms with Crippen LogP contribution in [0, 0.1) is 11.3 Å². The van der Waals surface area contributed by atoms with Crippen molar-refractivity contribution in [3.8, 4) is 17.6 Å². The summed E-state index contributed by atoms with van der Waals surface area (Å²) in [5.74, 6) is 1.66. The first-order valence-corrected chi connectivity index (χ1v) is 7.15. The number of benzene rings is 2. The Labute approximate surface area is 125 Å². The van der Waals surface area contributed by atoms with Gasteiger partial charge in [0.2, 0.25) is 0 Å². The molecule has 0 fully saturated rings. The molecule has 0 spiro atoms. The van der Waals surface area contributed by atoms with Crippen molar-refractivity contribution in [1.82, 2.24) is 0 Å². The van der Waals surface area contributed by atoms with Gasteiger partial charge in [0.25, 0.3) is 0 Å². The van der Waals surface area contributed by atoms with Crippen molar-refractivity contribution in [3.63, 3.8) is 0 Å². The van der Waals surface area contributed by atoms with Crippen molar-refractivity contribution in [3.05, 3.63) is 60.7 Å². The molecule has 0 unspecified atom stereocenters. The molecule has 1 atom stereocenters. The smallest absolute Gasteiger partial charge is 0.133 e. The summed E-state index contributed by atoms with van der Waals surface area (Å²) < 4.78 is 11.7. The van der Waals surface area contributed by atoms with Gasteiger partial charge in [-0.2, -0.15) is 5.26 Å². The Balaban J connectivity index is 1.90. The van der Waals surface area contributed by atoms with Crippen LogP contribution in [-0.2, 0) is 0 Å². The molecule has 2 aromatic carbocycles. The van der Waals surface area contributed by atoms with Gasteiger partial charge in [0.15, 0.2) is 0 Å². The highest BCUT2D eigenvalue weighted by Crippen LogP contribution is 2.16. The van der Waals surface area contributed by atoms with E-state index in [1.54, 1.807) is 0 Å². The van der Waals surface area contributed by atoms with E-state index in [9.17, 15) is 0 Å². The minimum Gasteiger partial charge on any atom is -0.490 e. The topological polar surface area (TPSA) is 42.2 Å². The number of unbranched alkanes of at least 4 members (excludes halogenated alkanes) is 1. The summed E-state index contributed by atoms with van der Waals surface area (Å²) in [6.07, 6.45) is 2.10. The molecule has 2 aromatic rings. The normalized spacial score (nSPS) is 11.4. The van der Waals surface area contributed by atoms with Crippen LogP contribution in [0.5, 0.6) is 11.5 Å². The van der Waals surface area contributed by atoms with Gasteiger partial charge in [-0.3, -0.25) is 0 Å². The summed E-state index contributed by atoms with van der Waals surface area (Å²) in [6, 6.07) is 21.6. The van der Waals surface area contributed by atoms with E-state index >= 15 is 0 Å². The third-order valence-electron chi connectivity index (χ3n) is 3.04. The maximum absolute atomic E-state index is 8.65. The molecule has 0 aromatic heterocycles. The highest BCUT2D eigenvalue weighted by molar-refractivity contribution is 5.22. The Kier molecular flexibility index (Phi) is 6.15. The van der Waals surface area contributed by atoms with Crippen molar-refractivity contribution < 1.29 is 9.47 Å². The van der Waals surface area contributed by atoms with Crippen LogP contribution in [-0.4, -0.2) is 12.7 Å². The summed E-state index contributed by atoms with van der Waals surface area (Å²) in [4.78, 5) is 0. The van der Waals surface area contributed by atoms with Crippen LogP contribution in [0.15, 0.2) is 60.7 Å². The van der Waals surface area contributed by atoms with Gasteiger partial charge in [-0.05, 0) is 37.1 Å². The minimum absolute atomic E-state index is 0.0547. The Morgan fingerprint density at radius 2 is 1.52 bits per heavy atom. The molecule has 0 N–H and O–H groups in total. The van der Waals surface area contributed by atoms with Crippen LogP contribution in [0.2, 0.25) is 0 Å². The average Bonchev–Trinajstić information content (AvgIpc) is 2.54. The van der Waals surface area contributed by atoms with E-state index in [2.05, 4.69) is 6.07 Å². The van der Waals surface area contributed by atoms with Crippen LogP contribution in [0.4, 0.5) is 0 Å². The number of hydrogen-bond acceptors (Lipinski definition) is 3. The van der Waals surface area contributed by atoms with Gasteiger partial charge in [-0.1, -0.05) is 36.4 Å². The molecule has 0 saturated heterocycles. The van der Waals surface area contributed by atoms with E-state index in [0.29, 0.717) is 13.0 Å². The Hall–Kier alpha value is -2.47. The van der Waals surface area contributed by atoms with Gasteiger partial charge in [0.05, 0.1) is 6.07 Å². The number of rotatable bonds is 8. The predicted molar refractivity (Wildman–Crippen MR) is 82.3 cm³/mol. The number of ether oxygens (including phenoxy) is 2. The first-order valence-electron chi connectivity index (χ1n) is 7.15. The zero-order valence-corrected chi connectivity index (χ0v) is 11.9. The van der Waals surface area contributed by atoms with Crippen molar-refractivity contribution >= 4 is 0 Å². The molecule has 21 heavy (non-hydrogen) atoms. The molecule has 0 aliphatic carbocycles. The zero-order chi connectivity index (χ0) is 14.8. The Morgan fingerprint density at radius 1 is 0.905 bits per heavy atom. The van der Waals surface area contributed by atoms with E-state index in [4.69, 9.17) is 14.7 Å². The second kappa shape index (κ2) is 8.65. The van der Waals surface area contributed by atoms with Crippen LogP contribution < -0.4 is 9.47 Å². The Morgan fingerprint density at radius 3 is 2.14 bits per heavy atom. The molecule has 2 rings (SSSR count). The molecule has 0 saturated carbocycles. The fraction of sp³-hybridized carbons (Fsp3) is 0.278. The lowest BCUT2D eigenvalue weighted by Gasteiger charge is -2.19. The molecule has 0 amide bonds. The van der Waals surface area contributed by atoms with Gasteiger partial charge in [-0.25, -0.2) is 0 Å². The summed E-state index contributed by atoms with van der Waals surface area (Å²) in [6.45, 7) is 0.477. The van der Waals surface area contributed by atoms with Gasteiger partial charge in [0.1, 0.15) is 24.2 Å². The lowest BCUT2D eigenvalue weighted by Crippen LogP contribution is -2.24. The minimum atomic E-state index is -0.0547. The number of nitriles is 1. The fourth-order valence-corrected chi connectivity index (χ4v) is 1.98. The van der Waals surface area contributed by atoms with E-state index in [0.717, 1.165) is 24.3 Å². The monoisotopic (exact) mass is 281 g/mol. The molecular formula is C18H19NO2. The van der Waals surface area contributed by atoms with Crippen LogP contribution in [0.3, 0.4) is 0 Å². The van der Waals surface area contributed by atoms with E-state index in [1.165, 1.54) is 0 Å². The lowest BCUT2D eigenvalue weighted by molar-refractivity contribution is 0.119. The molecule has 0 aliphatic heterocycles. The fourth-order valence-electron chi connectivity index (χ4n) is 1.98. The van der Waals surface area contributed by atoms with E-state index in [-0.39, 0.29) is 6.10 Å². The summed E-state index contributed by atoms with van der Waals surface area (Å²) in [5, 5.41) is 8.65. The summed E-state index contributed by atoms with van der Waals surface area (Å²) >= 11 is 0. The molecule has 108 valence electrons. The Bertz CT molecular complexity index is 548. The number of nitrogens with zero attached hydrogens (tertiary/aromatic N) is 1.